The zero-order valence-corrected chi connectivity index (χ0v) is 9.35. The molecule has 0 aliphatic rings. The molecule has 6 heteroatoms. The van der Waals surface area contributed by atoms with E-state index in [0.717, 1.165) is 0 Å². The van der Waals surface area contributed by atoms with Crippen molar-refractivity contribution < 1.29 is 20.1 Å². The average molecular weight is 246 g/mol. The van der Waals surface area contributed by atoms with Gasteiger partial charge in [0.1, 0.15) is 6.10 Å². The molecule has 3 N–H and O–H groups in total. The van der Waals surface area contributed by atoms with E-state index in [1.807, 2.05) is 0 Å². The van der Waals surface area contributed by atoms with Crippen LogP contribution in [0.15, 0.2) is 18.5 Å². The van der Waals surface area contributed by atoms with Crippen LogP contribution in [-0.2, 0) is 4.79 Å². The van der Waals surface area contributed by atoms with E-state index in [2.05, 4.69) is 4.98 Å². The maximum absolute atomic E-state index is 10.9. The van der Waals surface area contributed by atoms with Gasteiger partial charge in [0.15, 0.2) is 5.60 Å². The fourth-order valence-corrected chi connectivity index (χ4v) is 1.52. The molecule has 0 amide bonds. The molecule has 0 spiro atoms. The predicted molar refractivity (Wildman–Crippen MR) is 57.1 cm³/mol. The molecule has 2 unspecified atom stereocenters. The van der Waals surface area contributed by atoms with E-state index in [1.54, 1.807) is 0 Å². The molecule has 0 saturated carbocycles. The normalized spacial score (nSPS) is 16.5. The van der Waals surface area contributed by atoms with Gasteiger partial charge >= 0.3 is 5.97 Å². The molecule has 1 rings (SSSR count). The van der Waals surface area contributed by atoms with Crippen LogP contribution in [0.3, 0.4) is 0 Å². The highest BCUT2D eigenvalue weighted by Gasteiger charge is 2.43. The zero-order chi connectivity index (χ0) is 12.3. The van der Waals surface area contributed by atoms with Gasteiger partial charge in [0.2, 0.25) is 0 Å². The number of carbonyl (C=O) groups is 1. The molecule has 0 aliphatic heterocycles. The Morgan fingerprint density at radius 1 is 1.69 bits per heavy atom. The average Bonchev–Trinajstić information content (AvgIpc) is 2.27. The molecule has 16 heavy (non-hydrogen) atoms. The number of aromatic nitrogens is 1. The first-order valence-electron chi connectivity index (χ1n) is 4.66. The molecule has 1 aromatic rings. The summed E-state index contributed by atoms with van der Waals surface area (Å²) in [6.07, 6.45) is 0.881. The zero-order valence-electron chi connectivity index (χ0n) is 8.59. The number of aliphatic hydroxyl groups excluding tert-OH is 1. The van der Waals surface area contributed by atoms with E-state index >= 15 is 0 Å². The minimum Gasteiger partial charge on any atom is -0.479 e. The number of hydrogen-bond acceptors (Lipinski definition) is 4. The Morgan fingerprint density at radius 2 is 2.31 bits per heavy atom. The fraction of sp³-hybridized carbons (Fsp3) is 0.400. The number of rotatable bonds is 4. The highest BCUT2D eigenvalue weighted by atomic mass is 35.5. The van der Waals surface area contributed by atoms with Crippen molar-refractivity contribution in [1.82, 2.24) is 4.98 Å². The van der Waals surface area contributed by atoms with Crippen molar-refractivity contribution in [1.29, 1.82) is 0 Å². The second-order valence-electron chi connectivity index (χ2n) is 3.38. The van der Waals surface area contributed by atoms with Gasteiger partial charge in [0, 0.05) is 23.0 Å². The summed E-state index contributed by atoms with van der Waals surface area (Å²) in [6.45, 7) is 1.46. The molecule has 0 aliphatic carbocycles. The number of pyridine rings is 1. The Balaban J connectivity index is 3.15. The lowest BCUT2D eigenvalue weighted by atomic mass is 9.89. The molecule has 1 heterocycles. The molecule has 0 fully saturated rings. The van der Waals surface area contributed by atoms with Crippen molar-refractivity contribution in [3.05, 3.63) is 29.0 Å². The minimum absolute atomic E-state index is 0.0934. The SMILES string of the molecule is CCC(O)(C(=O)O)C(O)c1cnccc1Cl. The van der Waals surface area contributed by atoms with Crippen LogP contribution in [0.1, 0.15) is 25.0 Å². The smallest absolute Gasteiger partial charge is 0.338 e. The van der Waals surface area contributed by atoms with Gasteiger partial charge in [-0.05, 0) is 12.5 Å². The molecule has 0 saturated heterocycles. The molecule has 1 aromatic heterocycles. The summed E-state index contributed by atoms with van der Waals surface area (Å²) in [5.74, 6) is -1.50. The number of aliphatic hydroxyl groups is 2. The number of carboxylic acids is 1. The first-order valence-corrected chi connectivity index (χ1v) is 5.04. The third-order valence-electron chi connectivity index (χ3n) is 2.45. The number of aliphatic carboxylic acids is 1. The van der Waals surface area contributed by atoms with Gasteiger partial charge in [0.05, 0.1) is 0 Å². The highest BCUT2D eigenvalue weighted by molar-refractivity contribution is 6.31. The molecule has 0 bridgehead atoms. The second-order valence-corrected chi connectivity index (χ2v) is 3.79. The number of halogens is 1. The van der Waals surface area contributed by atoms with Crippen molar-refractivity contribution in [2.45, 2.75) is 25.0 Å². The largest absolute Gasteiger partial charge is 0.479 e. The first-order chi connectivity index (χ1) is 7.43. The van der Waals surface area contributed by atoms with Crippen molar-refractivity contribution in [2.24, 2.45) is 0 Å². The van der Waals surface area contributed by atoms with Gasteiger partial charge in [0.25, 0.3) is 0 Å². The van der Waals surface area contributed by atoms with Crippen LogP contribution in [-0.4, -0.2) is 31.9 Å². The van der Waals surface area contributed by atoms with Crippen LogP contribution in [0.4, 0.5) is 0 Å². The quantitative estimate of drug-likeness (QED) is 0.736. The fourth-order valence-electron chi connectivity index (χ4n) is 1.31. The molecular weight excluding hydrogens is 234 g/mol. The van der Waals surface area contributed by atoms with Gasteiger partial charge in [-0.2, -0.15) is 0 Å². The number of hydrogen-bond donors (Lipinski definition) is 3. The van der Waals surface area contributed by atoms with E-state index in [4.69, 9.17) is 16.7 Å². The van der Waals surface area contributed by atoms with Crippen LogP contribution < -0.4 is 0 Å². The molecule has 2 atom stereocenters. The lowest BCUT2D eigenvalue weighted by molar-refractivity contribution is -0.173. The van der Waals surface area contributed by atoms with Gasteiger partial charge in [-0.1, -0.05) is 18.5 Å². The van der Waals surface area contributed by atoms with Crippen LogP contribution in [0.25, 0.3) is 0 Å². The summed E-state index contributed by atoms with van der Waals surface area (Å²) in [4.78, 5) is 14.6. The summed E-state index contributed by atoms with van der Waals surface area (Å²) in [6, 6.07) is 1.41. The van der Waals surface area contributed by atoms with Crippen LogP contribution in [0.5, 0.6) is 0 Å². The summed E-state index contributed by atoms with van der Waals surface area (Å²) >= 11 is 5.78. The molecule has 88 valence electrons. The summed E-state index contributed by atoms with van der Waals surface area (Å²) < 4.78 is 0. The van der Waals surface area contributed by atoms with Gasteiger partial charge in [-0.25, -0.2) is 4.79 Å². The highest BCUT2D eigenvalue weighted by Crippen LogP contribution is 2.32. The van der Waals surface area contributed by atoms with E-state index in [1.165, 1.54) is 25.4 Å². The first kappa shape index (κ1) is 12.9. The second kappa shape index (κ2) is 4.78. The number of nitrogens with zero attached hydrogens (tertiary/aromatic N) is 1. The van der Waals surface area contributed by atoms with E-state index in [-0.39, 0.29) is 17.0 Å². The molecular formula is C10H12ClNO4. The minimum atomic E-state index is -2.26. The maximum Gasteiger partial charge on any atom is 0.338 e. The lowest BCUT2D eigenvalue weighted by Gasteiger charge is -2.27. The predicted octanol–water partition coefficient (Wildman–Crippen LogP) is 0.994. The van der Waals surface area contributed by atoms with E-state index in [0.29, 0.717) is 0 Å². The van der Waals surface area contributed by atoms with Crippen molar-refractivity contribution >= 4 is 17.6 Å². The molecule has 0 aromatic carbocycles. The van der Waals surface area contributed by atoms with Crippen LogP contribution in [0, 0.1) is 0 Å². The van der Waals surface area contributed by atoms with Crippen LogP contribution >= 0.6 is 11.6 Å². The summed E-state index contributed by atoms with van der Waals surface area (Å²) in [7, 11) is 0. The van der Waals surface area contributed by atoms with Gasteiger partial charge in [-0.3, -0.25) is 4.98 Å². The Morgan fingerprint density at radius 3 is 2.75 bits per heavy atom. The van der Waals surface area contributed by atoms with Crippen molar-refractivity contribution in [3.63, 3.8) is 0 Å². The van der Waals surface area contributed by atoms with E-state index in [9.17, 15) is 15.0 Å². The Bertz CT molecular complexity index is 398. The Hall–Kier alpha value is -1.17. The third kappa shape index (κ3) is 2.16. The van der Waals surface area contributed by atoms with Crippen molar-refractivity contribution in [3.8, 4) is 0 Å². The molecule has 0 radical (unpaired) electrons. The standard InChI is InChI=1S/C10H12ClNO4/c1-2-10(16,9(14)15)8(13)6-5-12-4-3-7(6)11/h3-5,8,13,16H,2H2,1H3,(H,14,15). The monoisotopic (exact) mass is 245 g/mol. The lowest BCUT2D eigenvalue weighted by Crippen LogP contribution is -2.44. The summed E-state index contributed by atoms with van der Waals surface area (Å²) in [5, 5.41) is 28.7. The van der Waals surface area contributed by atoms with Crippen molar-refractivity contribution in [2.75, 3.05) is 0 Å². The molecule has 5 nitrogen and oxygen atoms in total. The van der Waals surface area contributed by atoms with Crippen LogP contribution in [0.2, 0.25) is 5.02 Å². The third-order valence-corrected chi connectivity index (χ3v) is 2.80. The van der Waals surface area contributed by atoms with Gasteiger partial charge in [-0.15, -0.1) is 0 Å². The maximum atomic E-state index is 10.9. The van der Waals surface area contributed by atoms with E-state index < -0.39 is 17.7 Å². The topological polar surface area (TPSA) is 90.7 Å². The van der Waals surface area contributed by atoms with Gasteiger partial charge < -0.3 is 15.3 Å². The number of carboxylic acid groups (broad SMARTS) is 1. The summed E-state index contributed by atoms with van der Waals surface area (Å²) in [5.41, 5.74) is -2.16. The Kier molecular flexibility index (Phi) is 3.85. The Labute approximate surface area is 97.3 Å².